The van der Waals surface area contributed by atoms with Crippen molar-refractivity contribution in [3.05, 3.63) is 27.7 Å². The summed E-state index contributed by atoms with van der Waals surface area (Å²) in [5.74, 6) is 1.03. The lowest BCUT2D eigenvalue weighted by Gasteiger charge is -2.06. The molecule has 1 heterocycles. The van der Waals surface area contributed by atoms with Crippen molar-refractivity contribution in [2.75, 3.05) is 13.2 Å². The number of ether oxygens (including phenoxy) is 1. The summed E-state index contributed by atoms with van der Waals surface area (Å²) in [5.41, 5.74) is 8.17. The Morgan fingerprint density at radius 1 is 1.43 bits per heavy atom. The van der Waals surface area contributed by atoms with Gasteiger partial charge in [0.15, 0.2) is 0 Å². The van der Waals surface area contributed by atoms with Crippen LogP contribution in [0.3, 0.4) is 0 Å². The van der Waals surface area contributed by atoms with Crippen molar-refractivity contribution in [1.82, 2.24) is 0 Å². The second-order valence-electron chi connectivity index (χ2n) is 3.56. The van der Waals surface area contributed by atoms with Gasteiger partial charge in [0, 0.05) is 6.42 Å². The SMILES string of the molecule is NCCCc1cc(Br)c2c(c1)CCO2. The lowest BCUT2D eigenvalue weighted by atomic mass is 10.0. The highest BCUT2D eigenvalue weighted by molar-refractivity contribution is 9.10. The van der Waals surface area contributed by atoms with E-state index in [-0.39, 0.29) is 0 Å². The molecular weight excluding hydrogens is 242 g/mol. The van der Waals surface area contributed by atoms with Gasteiger partial charge in [0.25, 0.3) is 0 Å². The molecule has 0 saturated heterocycles. The number of aryl methyl sites for hydroxylation is 1. The van der Waals surface area contributed by atoms with Gasteiger partial charge in [0.05, 0.1) is 11.1 Å². The molecule has 0 aliphatic carbocycles. The number of nitrogens with two attached hydrogens (primary N) is 1. The van der Waals surface area contributed by atoms with Crippen LogP contribution in [0.25, 0.3) is 0 Å². The normalized spacial score (nSPS) is 13.9. The second-order valence-corrected chi connectivity index (χ2v) is 4.41. The third-order valence-corrected chi connectivity index (χ3v) is 3.06. The van der Waals surface area contributed by atoms with Gasteiger partial charge in [0.1, 0.15) is 5.75 Å². The Balaban J connectivity index is 2.23. The van der Waals surface area contributed by atoms with Crippen LogP contribution in [0, 0.1) is 0 Å². The summed E-state index contributed by atoms with van der Waals surface area (Å²) in [5, 5.41) is 0. The Bertz CT molecular complexity index is 338. The molecule has 1 aromatic carbocycles. The van der Waals surface area contributed by atoms with Crippen molar-refractivity contribution in [3.63, 3.8) is 0 Å². The Morgan fingerprint density at radius 3 is 3.07 bits per heavy atom. The van der Waals surface area contributed by atoms with Gasteiger partial charge < -0.3 is 10.5 Å². The van der Waals surface area contributed by atoms with Crippen molar-refractivity contribution in [2.24, 2.45) is 5.73 Å². The first-order chi connectivity index (χ1) is 6.81. The first-order valence-corrected chi connectivity index (χ1v) is 5.74. The Hall–Kier alpha value is -0.540. The monoisotopic (exact) mass is 255 g/mol. The summed E-state index contributed by atoms with van der Waals surface area (Å²) in [6.07, 6.45) is 3.14. The Morgan fingerprint density at radius 2 is 2.29 bits per heavy atom. The fraction of sp³-hybridized carbons (Fsp3) is 0.455. The quantitative estimate of drug-likeness (QED) is 0.900. The van der Waals surface area contributed by atoms with Crippen molar-refractivity contribution in [1.29, 1.82) is 0 Å². The van der Waals surface area contributed by atoms with Crippen molar-refractivity contribution in [2.45, 2.75) is 19.3 Å². The van der Waals surface area contributed by atoms with Crippen LogP contribution in [0.5, 0.6) is 5.75 Å². The molecule has 0 fully saturated rings. The Labute approximate surface area is 92.6 Å². The molecule has 76 valence electrons. The van der Waals surface area contributed by atoms with E-state index in [4.69, 9.17) is 10.5 Å². The summed E-state index contributed by atoms with van der Waals surface area (Å²) in [6.45, 7) is 1.57. The fourth-order valence-electron chi connectivity index (χ4n) is 1.77. The summed E-state index contributed by atoms with van der Waals surface area (Å²) in [6, 6.07) is 4.38. The molecule has 1 aliphatic heterocycles. The van der Waals surface area contributed by atoms with Crippen molar-refractivity contribution >= 4 is 15.9 Å². The molecule has 3 heteroatoms. The molecule has 1 aromatic rings. The molecular formula is C11H14BrNO. The second kappa shape index (κ2) is 4.32. The molecule has 0 amide bonds. The molecule has 1 aliphatic rings. The van der Waals surface area contributed by atoms with Crippen LogP contribution < -0.4 is 10.5 Å². The standard InChI is InChI=1S/C11H14BrNO/c12-10-7-8(2-1-4-13)6-9-3-5-14-11(9)10/h6-7H,1-5,13H2. The molecule has 0 bridgehead atoms. The molecule has 0 aromatic heterocycles. The summed E-state index contributed by atoms with van der Waals surface area (Å²) in [7, 11) is 0. The van der Waals surface area contributed by atoms with Gasteiger partial charge in [-0.3, -0.25) is 0 Å². The maximum absolute atomic E-state index is 5.52. The first kappa shape index (κ1) is 9.99. The average molecular weight is 256 g/mol. The third-order valence-electron chi connectivity index (χ3n) is 2.47. The molecule has 0 atom stereocenters. The van der Waals surface area contributed by atoms with Gasteiger partial charge >= 0.3 is 0 Å². The number of hydrogen-bond donors (Lipinski definition) is 1. The molecule has 2 nitrogen and oxygen atoms in total. The molecule has 0 saturated carbocycles. The van der Waals surface area contributed by atoms with Crippen LogP contribution in [-0.2, 0) is 12.8 Å². The fourth-order valence-corrected chi connectivity index (χ4v) is 2.44. The van der Waals surface area contributed by atoms with Crippen LogP contribution in [0.1, 0.15) is 17.5 Å². The predicted molar refractivity (Wildman–Crippen MR) is 60.7 cm³/mol. The molecule has 2 N–H and O–H groups in total. The van der Waals surface area contributed by atoms with Gasteiger partial charge in [0.2, 0.25) is 0 Å². The summed E-state index contributed by atoms with van der Waals surface area (Å²) < 4.78 is 6.60. The lowest BCUT2D eigenvalue weighted by molar-refractivity contribution is 0.355. The van der Waals surface area contributed by atoms with E-state index in [1.54, 1.807) is 0 Å². The molecule has 0 radical (unpaired) electrons. The number of fused-ring (bicyclic) bond motifs is 1. The van der Waals surface area contributed by atoms with Crippen LogP contribution in [0.2, 0.25) is 0 Å². The third kappa shape index (κ3) is 1.93. The lowest BCUT2D eigenvalue weighted by Crippen LogP contribution is -2.00. The molecule has 0 spiro atoms. The highest BCUT2D eigenvalue weighted by atomic mass is 79.9. The molecule has 14 heavy (non-hydrogen) atoms. The first-order valence-electron chi connectivity index (χ1n) is 4.95. The average Bonchev–Trinajstić information content (AvgIpc) is 2.63. The smallest absolute Gasteiger partial charge is 0.136 e. The topological polar surface area (TPSA) is 35.2 Å². The minimum atomic E-state index is 0.755. The number of halogens is 1. The zero-order valence-electron chi connectivity index (χ0n) is 8.05. The van der Waals surface area contributed by atoms with Gasteiger partial charge in [-0.2, -0.15) is 0 Å². The maximum atomic E-state index is 5.52. The maximum Gasteiger partial charge on any atom is 0.136 e. The minimum absolute atomic E-state index is 0.755. The number of benzene rings is 1. The highest BCUT2D eigenvalue weighted by Gasteiger charge is 2.15. The van der Waals surface area contributed by atoms with E-state index in [0.29, 0.717) is 0 Å². The van der Waals surface area contributed by atoms with Gasteiger partial charge in [-0.15, -0.1) is 0 Å². The zero-order valence-corrected chi connectivity index (χ0v) is 9.64. The van der Waals surface area contributed by atoms with Gasteiger partial charge in [-0.05, 0) is 52.5 Å². The van der Waals surface area contributed by atoms with Crippen molar-refractivity contribution in [3.8, 4) is 5.75 Å². The summed E-state index contributed by atoms with van der Waals surface area (Å²) in [4.78, 5) is 0. The zero-order chi connectivity index (χ0) is 9.97. The van der Waals surface area contributed by atoms with E-state index in [0.717, 1.165) is 42.6 Å². The van der Waals surface area contributed by atoms with Crippen LogP contribution >= 0.6 is 15.9 Å². The minimum Gasteiger partial charge on any atom is -0.492 e. The Kier molecular flexibility index (Phi) is 3.08. The highest BCUT2D eigenvalue weighted by Crippen LogP contribution is 2.35. The summed E-state index contributed by atoms with van der Waals surface area (Å²) >= 11 is 3.53. The predicted octanol–water partition coefficient (Wildman–Crippen LogP) is 2.28. The molecule has 2 rings (SSSR count). The van der Waals surface area contributed by atoms with Crippen molar-refractivity contribution < 1.29 is 4.74 Å². The van der Waals surface area contributed by atoms with E-state index in [9.17, 15) is 0 Å². The van der Waals surface area contributed by atoms with Crippen LogP contribution in [0.4, 0.5) is 0 Å². The van der Waals surface area contributed by atoms with E-state index in [1.165, 1.54) is 11.1 Å². The number of rotatable bonds is 3. The van der Waals surface area contributed by atoms with Gasteiger partial charge in [-0.25, -0.2) is 0 Å². The largest absolute Gasteiger partial charge is 0.492 e. The van der Waals surface area contributed by atoms with E-state index >= 15 is 0 Å². The van der Waals surface area contributed by atoms with Gasteiger partial charge in [-0.1, -0.05) is 6.07 Å². The number of hydrogen-bond acceptors (Lipinski definition) is 2. The van der Waals surface area contributed by atoms with Crippen LogP contribution in [0.15, 0.2) is 16.6 Å². The van der Waals surface area contributed by atoms with E-state index in [1.807, 2.05) is 0 Å². The van der Waals surface area contributed by atoms with E-state index in [2.05, 4.69) is 28.1 Å². The molecule has 0 unspecified atom stereocenters. The van der Waals surface area contributed by atoms with Crippen LogP contribution in [-0.4, -0.2) is 13.2 Å². The van der Waals surface area contributed by atoms with E-state index < -0.39 is 0 Å².